The summed E-state index contributed by atoms with van der Waals surface area (Å²) in [5.74, 6) is 2.89. The maximum absolute atomic E-state index is 11.6. The highest BCUT2D eigenvalue weighted by Gasteiger charge is 2.09. The van der Waals surface area contributed by atoms with E-state index in [1.54, 1.807) is 18.9 Å². The van der Waals surface area contributed by atoms with Crippen molar-refractivity contribution in [2.24, 2.45) is 0 Å². The highest BCUT2D eigenvalue weighted by Crippen LogP contribution is 2.13. The lowest BCUT2D eigenvalue weighted by atomic mass is 10.1. The molecule has 0 radical (unpaired) electrons. The van der Waals surface area contributed by atoms with Crippen LogP contribution in [-0.4, -0.2) is 41.8 Å². The standard InChI is InChI=1S/C17H23N3O3S/c1-22-14-6-3-13(4-7-14)5-9-16-19-20-17(23-16)10-8-15(21)18-11-12-24-2/h3-4,6-7H,5,8-12H2,1-2H3,(H,18,21). The Morgan fingerprint density at radius 1 is 1.17 bits per heavy atom. The zero-order valence-electron chi connectivity index (χ0n) is 14.1. The first-order chi connectivity index (χ1) is 11.7. The van der Waals surface area contributed by atoms with Crippen molar-refractivity contribution in [2.45, 2.75) is 25.7 Å². The Hall–Kier alpha value is -2.02. The molecule has 0 spiro atoms. The highest BCUT2D eigenvalue weighted by molar-refractivity contribution is 7.98. The van der Waals surface area contributed by atoms with Crippen molar-refractivity contribution in [3.8, 4) is 5.75 Å². The number of methoxy groups -OCH3 is 1. The van der Waals surface area contributed by atoms with Crippen molar-refractivity contribution in [1.82, 2.24) is 15.5 Å². The third kappa shape index (κ3) is 6.23. The molecule has 24 heavy (non-hydrogen) atoms. The monoisotopic (exact) mass is 349 g/mol. The molecule has 0 fully saturated rings. The first-order valence-corrected chi connectivity index (χ1v) is 9.30. The molecule has 0 aliphatic carbocycles. The summed E-state index contributed by atoms with van der Waals surface area (Å²) in [4.78, 5) is 11.6. The van der Waals surface area contributed by atoms with Crippen LogP contribution in [0.3, 0.4) is 0 Å². The molecule has 1 N–H and O–H groups in total. The average molecular weight is 349 g/mol. The van der Waals surface area contributed by atoms with Crippen LogP contribution in [0.2, 0.25) is 0 Å². The number of hydrogen-bond donors (Lipinski definition) is 1. The van der Waals surface area contributed by atoms with Gasteiger partial charge in [-0.25, -0.2) is 0 Å². The van der Waals surface area contributed by atoms with Crippen molar-refractivity contribution >= 4 is 17.7 Å². The Bertz CT molecular complexity index is 628. The van der Waals surface area contributed by atoms with Gasteiger partial charge in [-0.1, -0.05) is 12.1 Å². The predicted molar refractivity (Wildman–Crippen MR) is 94.4 cm³/mol. The first kappa shape index (κ1) is 18.3. The Kier molecular flexibility index (Phi) is 7.61. The Morgan fingerprint density at radius 3 is 2.54 bits per heavy atom. The van der Waals surface area contributed by atoms with Crippen molar-refractivity contribution in [3.63, 3.8) is 0 Å². The number of carbonyl (C=O) groups is 1. The number of benzene rings is 1. The van der Waals surface area contributed by atoms with Crippen LogP contribution in [0.15, 0.2) is 28.7 Å². The summed E-state index contributed by atoms with van der Waals surface area (Å²) in [6, 6.07) is 7.92. The van der Waals surface area contributed by atoms with Gasteiger partial charge in [0.25, 0.3) is 0 Å². The van der Waals surface area contributed by atoms with Gasteiger partial charge in [0.05, 0.1) is 7.11 Å². The van der Waals surface area contributed by atoms with E-state index in [4.69, 9.17) is 9.15 Å². The fourth-order valence-electron chi connectivity index (χ4n) is 2.14. The average Bonchev–Trinajstić information content (AvgIpc) is 3.07. The molecule has 0 saturated heterocycles. The molecule has 0 bridgehead atoms. The molecule has 1 aromatic carbocycles. The molecule has 1 aromatic heterocycles. The van der Waals surface area contributed by atoms with Gasteiger partial charge in [-0.15, -0.1) is 10.2 Å². The maximum Gasteiger partial charge on any atom is 0.220 e. The summed E-state index contributed by atoms with van der Waals surface area (Å²) in [7, 11) is 1.65. The fraction of sp³-hybridized carbons (Fsp3) is 0.471. The largest absolute Gasteiger partial charge is 0.497 e. The van der Waals surface area contributed by atoms with E-state index in [0.717, 1.165) is 17.9 Å². The number of aromatic nitrogens is 2. The Balaban J connectivity index is 1.73. The van der Waals surface area contributed by atoms with Gasteiger partial charge in [0.2, 0.25) is 17.7 Å². The highest BCUT2D eigenvalue weighted by atomic mass is 32.2. The topological polar surface area (TPSA) is 77.2 Å². The van der Waals surface area contributed by atoms with E-state index in [-0.39, 0.29) is 5.91 Å². The van der Waals surface area contributed by atoms with Crippen LogP contribution in [0.1, 0.15) is 23.8 Å². The minimum Gasteiger partial charge on any atom is -0.497 e. The van der Waals surface area contributed by atoms with Gasteiger partial charge in [-0.3, -0.25) is 4.79 Å². The molecule has 0 unspecified atom stereocenters. The second-order valence-corrected chi connectivity index (χ2v) is 6.27. The van der Waals surface area contributed by atoms with Crippen LogP contribution in [-0.2, 0) is 24.1 Å². The molecule has 6 nitrogen and oxygen atoms in total. The lowest BCUT2D eigenvalue weighted by Gasteiger charge is -2.02. The lowest BCUT2D eigenvalue weighted by Crippen LogP contribution is -2.25. The third-order valence-electron chi connectivity index (χ3n) is 3.49. The van der Waals surface area contributed by atoms with Crippen LogP contribution in [0, 0.1) is 0 Å². The molecule has 1 heterocycles. The molecule has 7 heteroatoms. The minimum atomic E-state index is 0.0158. The molecule has 0 saturated carbocycles. The second-order valence-electron chi connectivity index (χ2n) is 5.28. The lowest BCUT2D eigenvalue weighted by molar-refractivity contribution is -0.121. The quantitative estimate of drug-likeness (QED) is 0.663. The van der Waals surface area contributed by atoms with Crippen molar-refractivity contribution in [3.05, 3.63) is 41.6 Å². The number of hydrogen-bond acceptors (Lipinski definition) is 6. The van der Waals surface area contributed by atoms with E-state index in [1.165, 1.54) is 5.56 Å². The summed E-state index contributed by atoms with van der Waals surface area (Å²) in [5, 5.41) is 10.9. The summed E-state index contributed by atoms with van der Waals surface area (Å²) < 4.78 is 10.7. The number of nitrogens with zero attached hydrogens (tertiary/aromatic N) is 2. The van der Waals surface area contributed by atoms with Crippen LogP contribution in [0.5, 0.6) is 5.75 Å². The predicted octanol–water partition coefficient (Wildman–Crippen LogP) is 2.28. The fourth-order valence-corrected chi connectivity index (χ4v) is 2.44. The number of ether oxygens (including phenoxy) is 1. The van der Waals surface area contributed by atoms with Crippen LogP contribution >= 0.6 is 11.8 Å². The molecular weight excluding hydrogens is 326 g/mol. The van der Waals surface area contributed by atoms with Crippen LogP contribution in [0.4, 0.5) is 0 Å². The summed E-state index contributed by atoms with van der Waals surface area (Å²) in [6.45, 7) is 0.691. The second kappa shape index (κ2) is 9.97. The van der Waals surface area contributed by atoms with Crippen molar-refractivity contribution in [1.29, 1.82) is 0 Å². The SMILES string of the molecule is COc1ccc(CCc2nnc(CCC(=O)NCCSC)o2)cc1. The van der Waals surface area contributed by atoms with Crippen molar-refractivity contribution < 1.29 is 13.9 Å². The van der Waals surface area contributed by atoms with Gasteiger partial charge in [-0.2, -0.15) is 11.8 Å². The van der Waals surface area contributed by atoms with Crippen LogP contribution < -0.4 is 10.1 Å². The normalized spacial score (nSPS) is 10.6. The van der Waals surface area contributed by atoms with Gasteiger partial charge >= 0.3 is 0 Å². The Morgan fingerprint density at radius 2 is 1.88 bits per heavy atom. The molecule has 0 aliphatic heterocycles. The van der Waals surface area contributed by atoms with E-state index >= 15 is 0 Å². The number of nitrogens with one attached hydrogen (secondary N) is 1. The van der Waals surface area contributed by atoms with E-state index in [1.807, 2.05) is 30.5 Å². The molecule has 2 aromatic rings. The molecule has 130 valence electrons. The number of aryl methyl sites for hydroxylation is 3. The van der Waals surface area contributed by atoms with E-state index in [9.17, 15) is 4.79 Å². The van der Waals surface area contributed by atoms with Gasteiger partial charge in [-0.05, 0) is 30.4 Å². The van der Waals surface area contributed by atoms with Gasteiger partial charge in [0.15, 0.2) is 0 Å². The first-order valence-electron chi connectivity index (χ1n) is 7.91. The van der Waals surface area contributed by atoms with Crippen LogP contribution in [0.25, 0.3) is 0 Å². The summed E-state index contributed by atoms with van der Waals surface area (Å²) in [6.07, 6.45) is 4.35. The zero-order valence-corrected chi connectivity index (χ0v) is 14.9. The maximum atomic E-state index is 11.6. The molecule has 0 atom stereocenters. The summed E-state index contributed by atoms with van der Waals surface area (Å²) >= 11 is 1.70. The minimum absolute atomic E-state index is 0.0158. The van der Waals surface area contributed by atoms with Crippen molar-refractivity contribution in [2.75, 3.05) is 25.7 Å². The zero-order chi connectivity index (χ0) is 17.2. The Labute approximate surface area is 146 Å². The third-order valence-corrected chi connectivity index (χ3v) is 4.10. The smallest absolute Gasteiger partial charge is 0.220 e. The number of rotatable bonds is 10. The number of carbonyl (C=O) groups excluding carboxylic acids is 1. The van der Waals surface area contributed by atoms with Gasteiger partial charge in [0.1, 0.15) is 5.75 Å². The molecule has 0 aliphatic rings. The number of amides is 1. The number of thioether (sulfide) groups is 1. The van der Waals surface area contributed by atoms with Gasteiger partial charge < -0.3 is 14.5 Å². The van der Waals surface area contributed by atoms with E-state index in [0.29, 0.717) is 37.6 Å². The molecule has 2 rings (SSSR count). The summed E-state index contributed by atoms with van der Waals surface area (Å²) in [5.41, 5.74) is 1.18. The van der Waals surface area contributed by atoms with Gasteiger partial charge in [0, 0.05) is 31.6 Å². The van der Waals surface area contributed by atoms with E-state index < -0.39 is 0 Å². The molecule has 1 amide bonds. The van der Waals surface area contributed by atoms with E-state index in [2.05, 4.69) is 15.5 Å². The molecular formula is C17H23N3O3S.